The molecule has 20 heavy (non-hydrogen) atoms. The van der Waals surface area contributed by atoms with Gasteiger partial charge in [-0.1, -0.05) is 0 Å². The number of amides is 1. The summed E-state index contributed by atoms with van der Waals surface area (Å²) >= 11 is 0. The molecule has 2 heterocycles. The number of carbonyl (C=O) groups excluding carboxylic acids is 1. The predicted molar refractivity (Wildman–Crippen MR) is 71.3 cm³/mol. The predicted octanol–water partition coefficient (Wildman–Crippen LogP) is -0.971. The minimum atomic E-state index is -2.98. The minimum absolute atomic E-state index is 0.00352. The van der Waals surface area contributed by atoms with Crippen LogP contribution >= 0.6 is 0 Å². The average Bonchev–Trinajstić information content (AvgIpc) is 2.79. The Labute approximate surface area is 118 Å². The van der Waals surface area contributed by atoms with E-state index in [4.69, 9.17) is 10.00 Å². The maximum Gasteiger partial charge on any atom is 0.266 e. The molecular formula is C12H17N3O4S. The number of hydrogen-bond acceptors (Lipinski definition) is 6. The lowest BCUT2D eigenvalue weighted by Crippen LogP contribution is -2.41. The molecule has 0 spiro atoms. The number of rotatable bonds is 3. The second kappa shape index (κ2) is 6.24. The summed E-state index contributed by atoms with van der Waals surface area (Å²) < 4.78 is 27.8. The molecule has 0 aromatic rings. The molecule has 2 rings (SSSR count). The van der Waals surface area contributed by atoms with Gasteiger partial charge in [-0.25, -0.2) is 8.42 Å². The van der Waals surface area contributed by atoms with Crippen molar-refractivity contribution in [2.75, 3.05) is 37.8 Å². The van der Waals surface area contributed by atoms with E-state index in [-0.39, 0.29) is 29.0 Å². The molecule has 0 radical (unpaired) electrons. The van der Waals surface area contributed by atoms with Gasteiger partial charge in [-0.2, -0.15) is 5.26 Å². The number of sulfone groups is 1. The zero-order chi connectivity index (χ0) is 14.6. The third-order valence-corrected chi connectivity index (χ3v) is 5.11. The summed E-state index contributed by atoms with van der Waals surface area (Å²) in [6.07, 6.45) is 1.84. The van der Waals surface area contributed by atoms with Crippen LogP contribution in [0, 0.1) is 11.3 Å². The Kier molecular flexibility index (Phi) is 4.62. The zero-order valence-corrected chi connectivity index (χ0v) is 11.9. The molecule has 2 aliphatic rings. The number of nitrogens with one attached hydrogen (secondary N) is 1. The Balaban J connectivity index is 1.95. The second-order valence-electron chi connectivity index (χ2n) is 4.84. The van der Waals surface area contributed by atoms with E-state index in [0.29, 0.717) is 32.7 Å². The molecular weight excluding hydrogens is 282 g/mol. The third kappa shape index (κ3) is 3.71. The smallest absolute Gasteiger partial charge is 0.266 e. The van der Waals surface area contributed by atoms with Gasteiger partial charge in [-0.05, 0) is 6.42 Å². The van der Waals surface area contributed by atoms with Crippen LogP contribution in [0.25, 0.3) is 0 Å². The first kappa shape index (κ1) is 14.8. The van der Waals surface area contributed by atoms with E-state index in [1.807, 2.05) is 6.07 Å². The van der Waals surface area contributed by atoms with Crippen molar-refractivity contribution in [2.24, 2.45) is 0 Å². The number of carbonyl (C=O) groups is 1. The summed E-state index contributed by atoms with van der Waals surface area (Å²) in [7, 11) is -2.98. The molecule has 0 aliphatic carbocycles. The van der Waals surface area contributed by atoms with Crippen LogP contribution < -0.4 is 5.32 Å². The lowest BCUT2D eigenvalue weighted by atomic mass is 10.2. The lowest BCUT2D eigenvalue weighted by molar-refractivity contribution is -0.130. The lowest BCUT2D eigenvalue weighted by Gasteiger charge is -2.26. The Bertz CT molecular complexity index is 544. The van der Waals surface area contributed by atoms with Crippen molar-refractivity contribution in [3.05, 3.63) is 11.8 Å². The molecule has 110 valence electrons. The molecule has 0 saturated carbocycles. The SMILES string of the molecule is N#C/C(=C/NC1CCS(=O)(=O)C1)C(=O)N1CCOCC1. The molecule has 1 N–H and O–H groups in total. The largest absolute Gasteiger partial charge is 0.386 e. The van der Waals surface area contributed by atoms with Crippen LogP contribution in [0.1, 0.15) is 6.42 Å². The number of nitriles is 1. The van der Waals surface area contributed by atoms with Gasteiger partial charge in [0.15, 0.2) is 9.84 Å². The quantitative estimate of drug-likeness (QED) is 0.532. The highest BCUT2D eigenvalue weighted by Crippen LogP contribution is 2.12. The molecule has 1 amide bonds. The van der Waals surface area contributed by atoms with Crippen molar-refractivity contribution < 1.29 is 17.9 Å². The van der Waals surface area contributed by atoms with Crippen LogP contribution in [0.15, 0.2) is 11.8 Å². The number of ether oxygens (including phenoxy) is 1. The van der Waals surface area contributed by atoms with Gasteiger partial charge >= 0.3 is 0 Å². The molecule has 7 nitrogen and oxygen atoms in total. The van der Waals surface area contributed by atoms with E-state index in [2.05, 4.69) is 5.32 Å². The fourth-order valence-corrected chi connectivity index (χ4v) is 3.89. The van der Waals surface area contributed by atoms with Gasteiger partial charge in [-0.15, -0.1) is 0 Å². The van der Waals surface area contributed by atoms with Gasteiger partial charge in [0, 0.05) is 25.3 Å². The molecule has 8 heteroatoms. The van der Waals surface area contributed by atoms with Gasteiger partial charge in [0.05, 0.1) is 24.7 Å². The van der Waals surface area contributed by atoms with E-state index < -0.39 is 9.84 Å². The summed E-state index contributed by atoms with van der Waals surface area (Å²) in [4.78, 5) is 13.6. The van der Waals surface area contributed by atoms with Crippen LogP contribution in [0.5, 0.6) is 0 Å². The van der Waals surface area contributed by atoms with Gasteiger partial charge in [0.2, 0.25) is 0 Å². The fraction of sp³-hybridized carbons (Fsp3) is 0.667. The summed E-state index contributed by atoms with van der Waals surface area (Å²) in [5.74, 6) is -0.143. The molecule has 2 saturated heterocycles. The van der Waals surface area contributed by atoms with Crippen molar-refractivity contribution in [3.8, 4) is 6.07 Å². The molecule has 1 atom stereocenters. The summed E-state index contributed by atoms with van der Waals surface area (Å²) in [5.41, 5.74) is -0.00352. The summed E-state index contributed by atoms with van der Waals surface area (Å²) in [6, 6.07) is 1.64. The zero-order valence-electron chi connectivity index (χ0n) is 11.0. The monoisotopic (exact) mass is 299 g/mol. The highest BCUT2D eigenvalue weighted by atomic mass is 32.2. The molecule has 0 bridgehead atoms. The highest BCUT2D eigenvalue weighted by Gasteiger charge is 2.27. The molecule has 2 fully saturated rings. The maximum atomic E-state index is 12.1. The van der Waals surface area contributed by atoms with Crippen LogP contribution in [-0.2, 0) is 19.4 Å². The van der Waals surface area contributed by atoms with Gasteiger partial charge in [0.1, 0.15) is 11.6 Å². The maximum absolute atomic E-state index is 12.1. The highest BCUT2D eigenvalue weighted by molar-refractivity contribution is 7.91. The molecule has 2 aliphatic heterocycles. The van der Waals surface area contributed by atoms with Crippen molar-refractivity contribution in [1.82, 2.24) is 10.2 Å². The number of hydrogen-bond donors (Lipinski definition) is 1. The first-order valence-electron chi connectivity index (χ1n) is 6.45. The van der Waals surface area contributed by atoms with E-state index >= 15 is 0 Å². The van der Waals surface area contributed by atoms with E-state index in [1.54, 1.807) is 4.90 Å². The number of nitrogens with zero attached hydrogens (tertiary/aromatic N) is 2. The van der Waals surface area contributed by atoms with Crippen molar-refractivity contribution in [3.63, 3.8) is 0 Å². The topological polar surface area (TPSA) is 99.5 Å². The van der Waals surface area contributed by atoms with Crippen molar-refractivity contribution in [2.45, 2.75) is 12.5 Å². The first-order chi connectivity index (χ1) is 9.52. The Hall–Kier alpha value is -1.59. The average molecular weight is 299 g/mol. The van der Waals surface area contributed by atoms with Gasteiger partial charge in [0.25, 0.3) is 5.91 Å². The Morgan fingerprint density at radius 3 is 2.65 bits per heavy atom. The third-order valence-electron chi connectivity index (χ3n) is 3.34. The Morgan fingerprint density at radius 2 is 2.10 bits per heavy atom. The summed E-state index contributed by atoms with van der Waals surface area (Å²) in [6.45, 7) is 1.88. The van der Waals surface area contributed by atoms with Crippen LogP contribution in [0.2, 0.25) is 0 Å². The Morgan fingerprint density at radius 1 is 1.40 bits per heavy atom. The number of morpholine rings is 1. The van der Waals surface area contributed by atoms with Crippen molar-refractivity contribution >= 4 is 15.7 Å². The standard InChI is InChI=1S/C12H17N3O4S/c13-7-10(12(16)15-2-4-19-5-3-15)8-14-11-1-6-20(17,18)9-11/h8,11,14H,1-6,9H2/b10-8-. The fourth-order valence-electron chi connectivity index (χ4n) is 2.21. The minimum Gasteiger partial charge on any atom is -0.386 e. The van der Waals surface area contributed by atoms with E-state index in [1.165, 1.54) is 6.20 Å². The first-order valence-corrected chi connectivity index (χ1v) is 8.28. The van der Waals surface area contributed by atoms with Crippen LogP contribution in [-0.4, -0.2) is 63.1 Å². The van der Waals surface area contributed by atoms with Crippen LogP contribution in [0.4, 0.5) is 0 Å². The van der Waals surface area contributed by atoms with Crippen LogP contribution in [0.3, 0.4) is 0 Å². The van der Waals surface area contributed by atoms with Crippen molar-refractivity contribution in [1.29, 1.82) is 5.26 Å². The second-order valence-corrected chi connectivity index (χ2v) is 7.07. The molecule has 0 aromatic heterocycles. The van der Waals surface area contributed by atoms with Gasteiger partial charge < -0.3 is 15.0 Å². The van der Waals surface area contributed by atoms with E-state index in [9.17, 15) is 13.2 Å². The normalized spacial score (nSPS) is 26.1. The van der Waals surface area contributed by atoms with Gasteiger partial charge in [-0.3, -0.25) is 4.79 Å². The molecule has 1 unspecified atom stereocenters. The van der Waals surface area contributed by atoms with E-state index in [0.717, 1.165) is 0 Å². The summed E-state index contributed by atoms with van der Waals surface area (Å²) in [5, 5.41) is 11.9. The molecule has 0 aromatic carbocycles.